The molecule has 0 spiro atoms. The molecule has 0 aliphatic carbocycles. The Balaban J connectivity index is 3.43. The summed E-state index contributed by atoms with van der Waals surface area (Å²) in [6, 6.07) is 0. The monoisotopic (exact) mass is 348 g/mol. The number of aromatic nitrogens is 2. The second-order valence-electron chi connectivity index (χ2n) is 3.05. The zero-order chi connectivity index (χ0) is 12.5. The van der Waals surface area contributed by atoms with Crippen LogP contribution in [0.2, 0.25) is 0 Å². The van der Waals surface area contributed by atoms with Crippen LogP contribution in [0.25, 0.3) is 0 Å². The predicted molar refractivity (Wildman–Crippen MR) is 59.4 cm³/mol. The molecule has 0 N–H and O–H groups in total. The molecule has 0 aliphatic rings. The van der Waals surface area contributed by atoms with E-state index in [-0.39, 0.29) is 14.7 Å². The van der Waals surface area contributed by atoms with Gasteiger partial charge in [-0.1, -0.05) is 0 Å². The van der Waals surface area contributed by atoms with Crippen molar-refractivity contribution in [2.45, 2.75) is 26.2 Å². The Morgan fingerprint density at radius 3 is 2.38 bits per heavy atom. The molecule has 0 unspecified atom stereocenters. The number of alkyl halides is 3. The van der Waals surface area contributed by atoms with Gasteiger partial charge >= 0.3 is 11.9 Å². The van der Waals surface area contributed by atoms with E-state index >= 15 is 0 Å². The average Bonchev–Trinajstić information content (AvgIpc) is 2.17. The summed E-state index contributed by atoms with van der Waals surface area (Å²) in [5.41, 5.74) is -1.85. The van der Waals surface area contributed by atoms with Gasteiger partial charge in [0.2, 0.25) is 0 Å². The molecule has 1 aromatic rings. The van der Waals surface area contributed by atoms with Crippen molar-refractivity contribution in [1.82, 2.24) is 9.13 Å². The first kappa shape index (κ1) is 13.3. The molecule has 0 radical (unpaired) electrons. The van der Waals surface area contributed by atoms with E-state index in [0.29, 0.717) is 0 Å². The van der Waals surface area contributed by atoms with Crippen molar-refractivity contribution in [1.29, 1.82) is 0 Å². The maximum Gasteiger partial charge on any atom is 0.406 e. The number of hydrogen-bond donors (Lipinski definition) is 0. The Labute approximate surface area is 102 Å². The van der Waals surface area contributed by atoms with Crippen molar-refractivity contribution < 1.29 is 13.2 Å². The number of hydrogen-bond acceptors (Lipinski definition) is 2. The molecule has 0 amide bonds. The normalized spacial score (nSPS) is 11.8. The van der Waals surface area contributed by atoms with Gasteiger partial charge in [0.05, 0.1) is 3.57 Å². The zero-order valence-corrected chi connectivity index (χ0v) is 10.4. The van der Waals surface area contributed by atoms with Gasteiger partial charge in [0.25, 0.3) is 5.56 Å². The highest BCUT2D eigenvalue weighted by Gasteiger charge is 2.30. The number of rotatable bonds is 2. The van der Waals surface area contributed by atoms with Crippen LogP contribution in [0.1, 0.15) is 6.92 Å². The molecule has 0 bridgehead atoms. The molecular weight excluding hydrogens is 340 g/mol. The van der Waals surface area contributed by atoms with Crippen LogP contribution >= 0.6 is 22.6 Å². The number of nitrogens with zero attached hydrogens (tertiary/aromatic N) is 2. The summed E-state index contributed by atoms with van der Waals surface area (Å²) < 4.78 is 37.8. The summed E-state index contributed by atoms with van der Waals surface area (Å²) in [5.74, 6) is 0. The smallest absolute Gasteiger partial charge is 0.300 e. The van der Waals surface area contributed by atoms with E-state index in [9.17, 15) is 22.8 Å². The lowest BCUT2D eigenvalue weighted by Gasteiger charge is -2.11. The highest BCUT2D eigenvalue weighted by molar-refractivity contribution is 14.1. The van der Waals surface area contributed by atoms with Gasteiger partial charge in [-0.3, -0.25) is 13.9 Å². The minimum Gasteiger partial charge on any atom is -0.300 e. The van der Waals surface area contributed by atoms with Crippen LogP contribution in [0, 0.1) is 3.57 Å². The van der Waals surface area contributed by atoms with Crippen molar-refractivity contribution in [2.75, 3.05) is 0 Å². The third-order valence-corrected chi connectivity index (χ3v) is 2.61. The molecule has 90 valence electrons. The summed E-state index contributed by atoms with van der Waals surface area (Å²) >= 11 is 1.61. The molecule has 0 saturated heterocycles. The van der Waals surface area contributed by atoms with E-state index in [0.717, 1.165) is 4.57 Å². The van der Waals surface area contributed by atoms with Crippen LogP contribution < -0.4 is 11.2 Å². The predicted octanol–water partition coefficient (Wildman–Crippen LogP) is 1.20. The van der Waals surface area contributed by atoms with Gasteiger partial charge in [0.1, 0.15) is 6.54 Å². The summed E-state index contributed by atoms with van der Waals surface area (Å²) in [6.45, 7) is 0.272. The van der Waals surface area contributed by atoms with Crippen molar-refractivity contribution in [3.63, 3.8) is 0 Å². The van der Waals surface area contributed by atoms with Gasteiger partial charge in [-0.2, -0.15) is 13.2 Å². The lowest BCUT2D eigenvalue weighted by atomic mass is 10.5. The third kappa shape index (κ3) is 2.86. The van der Waals surface area contributed by atoms with Gasteiger partial charge < -0.3 is 0 Å². The molecule has 1 heterocycles. The van der Waals surface area contributed by atoms with Crippen molar-refractivity contribution in [3.8, 4) is 0 Å². The van der Waals surface area contributed by atoms with E-state index in [1.165, 1.54) is 6.20 Å². The highest BCUT2D eigenvalue weighted by Crippen LogP contribution is 2.15. The maximum absolute atomic E-state index is 12.2. The average molecular weight is 348 g/mol. The van der Waals surface area contributed by atoms with E-state index in [1.54, 1.807) is 29.5 Å². The Morgan fingerprint density at radius 1 is 1.38 bits per heavy atom. The molecule has 1 rings (SSSR count). The fraction of sp³-hybridized carbons (Fsp3) is 0.500. The van der Waals surface area contributed by atoms with E-state index in [1.807, 2.05) is 0 Å². The van der Waals surface area contributed by atoms with Crippen molar-refractivity contribution in [2.24, 2.45) is 0 Å². The molecule has 0 aromatic carbocycles. The third-order valence-electron chi connectivity index (χ3n) is 1.87. The van der Waals surface area contributed by atoms with Crippen LogP contribution in [0.5, 0.6) is 0 Å². The molecule has 4 nitrogen and oxygen atoms in total. The first-order valence-electron chi connectivity index (χ1n) is 4.32. The Kier molecular flexibility index (Phi) is 3.81. The van der Waals surface area contributed by atoms with E-state index in [4.69, 9.17) is 0 Å². The topological polar surface area (TPSA) is 44.0 Å². The fourth-order valence-electron chi connectivity index (χ4n) is 1.16. The molecule has 0 saturated carbocycles. The van der Waals surface area contributed by atoms with E-state index in [2.05, 4.69) is 0 Å². The van der Waals surface area contributed by atoms with Gasteiger partial charge in [-0.15, -0.1) is 0 Å². The maximum atomic E-state index is 12.2. The zero-order valence-electron chi connectivity index (χ0n) is 8.21. The number of aryl methyl sites for hydroxylation is 1. The standard InChI is InChI=1S/C8H8F3IN2O2/c1-2-13-3-5(12)6(15)14(7(13)16)4-8(9,10)11/h3H,2,4H2,1H3. The van der Waals surface area contributed by atoms with Gasteiger partial charge in [0, 0.05) is 12.7 Å². The second kappa shape index (κ2) is 4.60. The Morgan fingerprint density at radius 2 is 1.94 bits per heavy atom. The molecule has 0 fully saturated rings. The first-order valence-corrected chi connectivity index (χ1v) is 5.40. The first-order chi connectivity index (χ1) is 7.26. The van der Waals surface area contributed by atoms with Crippen LogP contribution in [0.4, 0.5) is 13.2 Å². The van der Waals surface area contributed by atoms with Crippen LogP contribution in [0.3, 0.4) is 0 Å². The molecule has 1 aromatic heterocycles. The van der Waals surface area contributed by atoms with E-state index < -0.39 is 24.0 Å². The number of halogens is 4. The largest absolute Gasteiger partial charge is 0.406 e. The lowest BCUT2D eigenvalue weighted by molar-refractivity contribution is -0.142. The molecular formula is C8H8F3IN2O2. The van der Waals surface area contributed by atoms with Gasteiger partial charge in [0.15, 0.2) is 0 Å². The second-order valence-corrected chi connectivity index (χ2v) is 4.21. The summed E-state index contributed by atoms with van der Waals surface area (Å²) in [6.07, 6.45) is -3.34. The van der Waals surface area contributed by atoms with Crippen LogP contribution in [-0.2, 0) is 13.1 Å². The van der Waals surface area contributed by atoms with Crippen LogP contribution in [0.15, 0.2) is 15.8 Å². The molecule has 0 atom stereocenters. The van der Waals surface area contributed by atoms with Gasteiger partial charge in [-0.25, -0.2) is 4.79 Å². The summed E-state index contributed by atoms with van der Waals surface area (Å²) in [4.78, 5) is 22.9. The molecule has 8 heteroatoms. The molecule has 0 aliphatic heterocycles. The van der Waals surface area contributed by atoms with Crippen LogP contribution in [-0.4, -0.2) is 15.3 Å². The lowest BCUT2D eigenvalue weighted by Crippen LogP contribution is -2.43. The Hall–Kier alpha value is -0.800. The minimum atomic E-state index is -4.58. The van der Waals surface area contributed by atoms with Gasteiger partial charge in [-0.05, 0) is 29.5 Å². The molecule has 16 heavy (non-hydrogen) atoms. The minimum absolute atomic E-state index is 0.0864. The summed E-state index contributed by atoms with van der Waals surface area (Å²) in [7, 11) is 0. The van der Waals surface area contributed by atoms with Crippen molar-refractivity contribution >= 4 is 22.6 Å². The Bertz CT molecular complexity index is 503. The highest BCUT2D eigenvalue weighted by atomic mass is 127. The summed E-state index contributed by atoms with van der Waals surface area (Å²) in [5, 5.41) is 0. The SMILES string of the molecule is CCn1cc(I)c(=O)n(CC(F)(F)F)c1=O. The quantitative estimate of drug-likeness (QED) is 0.754. The van der Waals surface area contributed by atoms with Crippen molar-refractivity contribution in [3.05, 3.63) is 30.6 Å². The fourth-order valence-corrected chi connectivity index (χ4v) is 1.79.